The van der Waals surface area contributed by atoms with Gasteiger partial charge in [-0.2, -0.15) is 0 Å². The summed E-state index contributed by atoms with van der Waals surface area (Å²) in [7, 11) is 3.85. The molecule has 7 heteroatoms. The highest BCUT2D eigenvalue weighted by Gasteiger charge is 2.47. The van der Waals surface area contributed by atoms with Crippen LogP contribution < -0.4 is 0 Å². The molecule has 0 bridgehead atoms. The third kappa shape index (κ3) is 1.90. The summed E-state index contributed by atoms with van der Waals surface area (Å²) in [6.45, 7) is 1.57. The maximum Gasteiger partial charge on any atom is 0.327 e. The van der Waals surface area contributed by atoms with E-state index in [0.29, 0.717) is 26.1 Å². The minimum absolute atomic E-state index is 0.0968. The molecule has 3 rings (SSSR count). The SMILES string of the molecule is CN(C)CCN1C(=O)[C@@H]2Cc3nc[nH]c3CN2C1=O. The minimum atomic E-state index is -0.370. The molecule has 0 unspecified atom stereocenters. The smallest absolute Gasteiger partial charge is 0.327 e. The number of carbonyl (C=O) groups is 2. The second-order valence-corrected chi connectivity index (χ2v) is 5.25. The monoisotopic (exact) mass is 263 g/mol. The van der Waals surface area contributed by atoms with Crippen LogP contribution in [0.2, 0.25) is 0 Å². The average Bonchev–Trinajstić information content (AvgIpc) is 2.91. The fraction of sp³-hybridized carbons (Fsp3) is 0.583. The van der Waals surface area contributed by atoms with Gasteiger partial charge in [0.2, 0.25) is 0 Å². The standard InChI is InChI=1S/C12H17N5O2/c1-15(2)3-4-16-11(18)10-5-8-9(14-7-13-8)6-17(10)12(16)19/h7,10H,3-6H2,1-2H3,(H,13,14)/t10-/m0/s1. The highest BCUT2D eigenvalue weighted by atomic mass is 16.2. The summed E-state index contributed by atoms with van der Waals surface area (Å²) in [6.07, 6.45) is 2.13. The van der Waals surface area contributed by atoms with Crippen LogP contribution in [0.15, 0.2) is 6.33 Å². The zero-order chi connectivity index (χ0) is 13.6. The number of imidazole rings is 1. The molecule has 1 fully saturated rings. The van der Waals surface area contributed by atoms with E-state index in [9.17, 15) is 9.59 Å². The summed E-state index contributed by atoms with van der Waals surface area (Å²) in [5.74, 6) is -0.0968. The maximum atomic E-state index is 12.3. The lowest BCUT2D eigenvalue weighted by Crippen LogP contribution is -2.40. The van der Waals surface area contributed by atoms with Crippen LogP contribution in [0.1, 0.15) is 11.4 Å². The molecular formula is C12H17N5O2. The number of aromatic amines is 1. The van der Waals surface area contributed by atoms with Crippen LogP contribution >= 0.6 is 0 Å². The Hall–Kier alpha value is -1.89. The van der Waals surface area contributed by atoms with E-state index in [4.69, 9.17) is 0 Å². The van der Waals surface area contributed by atoms with Gasteiger partial charge in [-0.25, -0.2) is 9.78 Å². The third-order valence-corrected chi connectivity index (χ3v) is 3.70. The summed E-state index contributed by atoms with van der Waals surface area (Å²) in [4.78, 5) is 36.8. The van der Waals surface area contributed by atoms with Crippen molar-refractivity contribution >= 4 is 11.9 Å². The normalized spacial score (nSPS) is 22.2. The lowest BCUT2D eigenvalue weighted by molar-refractivity contribution is -0.128. The third-order valence-electron chi connectivity index (χ3n) is 3.70. The number of amides is 3. The predicted octanol–water partition coefficient (Wildman–Crippen LogP) is -0.340. The summed E-state index contributed by atoms with van der Waals surface area (Å²) >= 11 is 0. The Labute approximate surface area is 111 Å². The molecule has 0 aromatic carbocycles. The van der Waals surface area contributed by atoms with Crippen LogP contribution in [0.4, 0.5) is 4.79 Å². The molecule has 1 aromatic rings. The number of nitrogens with zero attached hydrogens (tertiary/aromatic N) is 4. The number of imide groups is 1. The van der Waals surface area contributed by atoms with E-state index < -0.39 is 0 Å². The Bertz CT molecular complexity index is 485. The van der Waals surface area contributed by atoms with Gasteiger partial charge in [-0.05, 0) is 14.1 Å². The molecule has 0 radical (unpaired) electrons. The molecule has 2 aliphatic heterocycles. The number of nitrogens with one attached hydrogen (secondary N) is 1. The molecule has 7 nitrogen and oxygen atoms in total. The molecule has 3 amide bonds. The van der Waals surface area contributed by atoms with Crippen molar-refractivity contribution in [3.8, 4) is 0 Å². The number of likely N-dealkylation sites (N-methyl/N-ethyl adjacent to an activating group) is 1. The van der Waals surface area contributed by atoms with Crippen molar-refractivity contribution in [1.29, 1.82) is 0 Å². The van der Waals surface area contributed by atoms with Crippen LogP contribution in [0.5, 0.6) is 0 Å². The quantitative estimate of drug-likeness (QED) is 0.757. The van der Waals surface area contributed by atoms with Crippen molar-refractivity contribution in [3.05, 3.63) is 17.7 Å². The predicted molar refractivity (Wildman–Crippen MR) is 67.3 cm³/mol. The molecule has 19 heavy (non-hydrogen) atoms. The van der Waals surface area contributed by atoms with Crippen LogP contribution in [0.25, 0.3) is 0 Å². The molecule has 1 saturated heterocycles. The summed E-state index contributed by atoms with van der Waals surface area (Å²) in [6, 6.07) is -0.553. The largest absolute Gasteiger partial charge is 0.347 e. The van der Waals surface area contributed by atoms with Crippen LogP contribution in [-0.4, -0.2) is 69.8 Å². The van der Waals surface area contributed by atoms with Crippen LogP contribution in [-0.2, 0) is 17.8 Å². The van der Waals surface area contributed by atoms with Crippen molar-refractivity contribution in [1.82, 2.24) is 24.7 Å². The Morgan fingerprint density at radius 3 is 3.00 bits per heavy atom. The van der Waals surface area contributed by atoms with Crippen LogP contribution in [0, 0.1) is 0 Å². The van der Waals surface area contributed by atoms with Gasteiger partial charge in [-0.3, -0.25) is 9.69 Å². The molecule has 0 spiro atoms. The first kappa shape index (κ1) is 12.2. The lowest BCUT2D eigenvalue weighted by atomic mass is 10.0. The van der Waals surface area contributed by atoms with Crippen molar-refractivity contribution < 1.29 is 9.59 Å². The molecule has 1 atom stereocenters. The molecule has 0 aliphatic carbocycles. The Morgan fingerprint density at radius 2 is 2.26 bits per heavy atom. The van der Waals surface area contributed by atoms with Crippen molar-refractivity contribution in [2.75, 3.05) is 27.2 Å². The zero-order valence-corrected chi connectivity index (χ0v) is 11.1. The van der Waals surface area contributed by atoms with E-state index in [2.05, 4.69) is 9.97 Å². The first-order valence-electron chi connectivity index (χ1n) is 6.35. The molecular weight excluding hydrogens is 246 g/mol. The average molecular weight is 263 g/mol. The molecule has 0 saturated carbocycles. The molecule has 3 heterocycles. The molecule has 1 N–H and O–H groups in total. The highest BCUT2D eigenvalue weighted by Crippen LogP contribution is 2.28. The summed E-state index contributed by atoms with van der Waals surface area (Å²) < 4.78 is 0. The Balaban J connectivity index is 1.79. The highest BCUT2D eigenvalue weighted by molar-refractivity contribution is 6.04. The second-order valence-electron chi connectivity index (χ2n) is 5.25. The lowest BCUT2D eigenvalue weighted by Gasteiger charge is -2.25. The van der Waals surface area contributed by atoms with Crippen LogP contribution in [0.3, 0.4) is 0 Å². The van der Waals surface area contributed by atoms with Crippen molar-refractivity contribution in [2.45, 2.75) is 19.0 Å². The van der Waals surface area contributed by atoms with Gasteiger partial charge in [0.25, 0.3) is 5.91 Å². The van der Waals surface area contributed by atoms with Gasteiger partial charge in [-0.1, -0.05) is 0 Å². The van der Waals surface area contributed by atoms with Crippen molar-refractivity contribution in [3.63, 3.8) is 0 Å². The Morgan fingerprint density at radius 1 is 1.47 bits per heavy atom. The van der Waals surface area contributed by atoms with Gasteiger partial charge in [0.1, 0.15) is 6.04 Å². The molecule has 1 aromatic heterocycles. The number of fused-ring (bicyclic) bond motifs is 2. The molecule has 2 aliphatic rings. The zero-order valence-electron chi connectivity index (χ0n) is 11.1. The van der Waals surface area contributed by atoms with E-state index in [1.54, 1.807) is 11.2 Å². The second kappa shape index (κ2) is 4.34. The van der Waals surface area contributed by atoms with Gasteiger partial charge in [0.05, 0.1) is 24.3 Å². The summed E-state index contributed by atoms with van der Waals surface area (Å²) in [5.41, 5.74) is 1.84. The van der Waals surface area contributed by atoms with E-state index in [1.807, 2.05) is 19.0 Å². The van der Waals surface area contributed by atoms with Gasteiger partial charge in [0.15, 0.2) is 0 Å². The van der Waals surface area contributed by atoms with E-state index in [1.165, 1.54) is 4.90 Å². The summed E-state index contributed by atoms with van der Waals surface area (Å²) in [5, 5.41) is 0. The number of aromatic nitrogens is 2. The first-order chi connectivity index (χ1) is 9.08. The van der Waals surface area contributed by atoms with Crippen molar-refractivity contribution in [2.24, 2.45) is 0 Å². The fourth-order valence-electron chi connectivity index (χ4n) is 2.59. The fourth-order valence-corrected chi connectivity index (χ4v) is 2.59. The number of hydrogen-bond donors (Lipinski definition) is 1. The topological polar surface area (TPSA) is 72.5 Å². The van der Waals surface area contributed by atoms with Gasteiger partial charge in [0, 0.05) is 19.5 Å². The molecule has 102 valence electrons. The Kier molecular flexibility index (Phi) is 2.78. The number of H-pyrrole nitrogens is 1. The minimum Gasteiger partial charge on any atom is -0.347 e. The van der Waals surface area contributed by atoms with Gasteiger partial charge < -0.3 is 14.8 Å². The van der Waals surface area contributed by atoms with E-state index >= 15 is 0 Å². The van der Waals surface area contributed by atoms with E-state index in [0.717, 1.165) is 11.4 Å². The maximum absolute atomic E-state index is 12.3. The first-order valence-corrected chi connectivity index (χ1v) is 6.35. The van der Waals surface area contributed by atoms with Gasteiger partial charge in [-0.15, -0.1) is 0 Å². The number of rotatable bonds is 3. The number of urea groups is 1. The number of carbonyl (C=O) groups excluding carboxylic acids is 2. The van der Waals surface area contributed by atoms with E-state index in [-0.39, 0.29) is 18.0 Å². The number of hydrogen-bond acceptors (Lipinski definition) is 4. The van der Waals surface area contributed by atoms with Gasteiger partial charge >= 0.3 is 6.03 Å².